The van der Waals surface area contributed by atoms with Crippen LogP contribution in [0.15, 0.2) is 53.5 Å². The van der Waals surface area contributed by atoms with Crippen molar-refractivity contribution in [1.29, 1.82) is 0 Å². The fourth-order valence-corrected chi connectivity index (χ4v) is 5.26. The molecule has 0 aliphatic carbocycles. The SMILES string of the molecule is CCCCCN(C)C(=O)CCCOc1ccc2c(c1)CN(CC(=O)NN1CCCCC1)C(NC(=O)Cc1ccccc1)=N2. The third-order valence-electron chi connectivity index (χ3n) is 7.70. The highest BCUT2D eigenvalue weighted by Crippen LogP contribution is 2.29. The average Bonchev–Trinajstić information content (AvgIpc) is 3.00. The summed E-state index contributed by atoms with van der Waals surface area (Å²) >= 11 is 0. The molecule has 2 N–H and O–H groups in total. The second-order valence-corrected chi connectivity index (χ2v) is 11.3. The van der Waals surface area contributed by atoms with Gasteiger partial charge < -0.3 is 14.5 Å². The molecule has 10 nitrogen and oxygen atoms in total. The van der Waals surface area contributed by atoms with Crippen molar-refractivity contribution >= 4 is 29.4 Å². The zero-order valence-corrected chi connectivity index (χ0v) is 25.6. The zero-order chi connectivity index (χ0) is 30.4. The van der Waals surface area contributed by atoms with Crippen LogP contribution in [0.5, 0.6) is 5.75 Å². The average molecular weight is 591 g/mol. The van der Waals surface area contributed by atoms with Gasteiger partial charge in [0, 0.05) is 45.2 Å². The summed E-state index contributed by atoms with van der Waals surface area (Å²) in [6.45, 7) is 5.50. The Morgan fingerprint density at radius 1 is 0.977 bits per heavy atom. The van der Waals surface area contributed by atoms with Gasteiger partial charge in [0.25, 0.3) is 5.91 Å². The predicted octanol–water partition coefficient (Wildman–Crippen LogP) is 4.17. The van der Waals surface area contributed by atoms with Crippen molar-refractivity contribution in [1.82, 2.24) is 25.6 Å². The molecule has 2 heterocycles. The van der Waals surface area contributed by atoms with Gasteiger partial charge in [-0.05, 0) is 49.4 Å². The minimum absolute atomic E-state index is 0.0549. The van der Waals surface area contributed by atoms with Gasteiger partial charge in [0.1, 0.15) is 12.3 Å². The molecule has 2 aliphatic heterocycles. The summed E-state index contributed by atoms with van der Waals surface area (Å²) in [5.41, 5.74) is 5.53. The molecule has 0 radical (unpaired) electrons. The summed E-state index contributed by atoms with van der Waals surface area (Å²) in [6.07, 6.45) is 7.89. The van der Waals surface area contributed by atoms with Crippen LogP contribution >= 0.6 is 0 Å². The summed E-state index contributed by atoms with van der Waals surface area (Å²) in [6, 6.07) is 15.2. The summed E-state index contributed by atoms with van der Waals surface area (Å²) in [5.74, 6) is 0.844. The first-order valence-corrected chi connectivity index (χ1v) is 15.6. The maximum atomic E-state index is 13.0. The van der Waals surface area contributed by atoms with Crippen LogP contribution < -0.4 is 15.5 Å². The molecule has 2 aliphatic rings. The number of benzene rings is 2. The molecule has 1 saturated heterocycles. The van der Waals surface area contributed by atoms with Gasteiger partial charge in [-0.15, -0.1) is 0 Å². The number of guanidine groups is 1. The van der Waals surface area contributed by atoms with Crippen LogP contribution in [0.4, 0.5) is 5.69 Å². The first-order chi connectivity index (χ1) is 20.9. The molecule has 232 valence electrons. The second-order valence-electron chi connectivity index (χ2n) is 11.3. The molecule has 3 amide bonds. The number of rotatable bonds is 14. The molecular formula is C33H46N6O4. The molecule has 0 unspecified atom stereocenters. The van der Waals surface area contributed by atoms with E-state index in [1.165, 1.54) is 6.42 Å². The lowest BCUT2D eigenvalue weighted by Gasteiger charge is -2.32. The molecule has 0 saturated carbocycles. The van der Waals surface area contributed by atoms with E-state index in [9.17, 15) is 14.4 Å². The number of piperidine rings is 1. The maximum Gasteiger partial charge on any atom is 0.253 e. The number of ether oxygens (including phenoxy) is 1. The Bertz CT molecular complexity index is 1250. The number of aliphatic imine (C=N–C) groups is 1. The maximum absolute atomic E-state index is 13.0. The van der Waals surface area contributed by atoms with Crippen molar-refractivity contribution in [2.45, 2.75) is 71.3 Å². The Morgan fingerprint density at radius 3 is 2.53 bits per heavy atom. The molecule has 2 aromatic rings. The molecule has 1 fully saturated rings. The molecule has 43 heavy (non-hydrogen) atoms. The predicted molar refractivity (Wildman–Crippen MR) is 168 cm³/mol. The van der Waals surface area contributed by atoms with Crippen molar-refractivity contribution in [3.8, 4) is 5.75 Å². The highest BCUT2D eigenvalue weighted by molar-refractivity contribution is 6.00. The number of carbonyl (C=O) groups excluding carboxylic acids is 3. The third kappa shape index (κ3) is 10.4. The Balaban J connectivity index is 1.37. The summed E-state index contributed by atoms with van der Waals surface area (Å²) in [5, 5.41) is 4.90. The van der Waals surface area contributed by atoms with Gasteiger partial charge in [-0.1, -0.05) is 56.5 Å². The lowest BCUT2D eigenvalue weighted by molar-refractivity contribution is -0.130. The van der Waals surface area contributed by atoms with E-state index in [0.717, 1.165) is 68.6 Å². The van der Waals surface area contributed by atoms with Crippen LogP contribution in [0.1, 0.15) is 69.4 Å². The molecule has 0 aromatic heterocycles. The number of nitrogens with zero attached hydrogens (tertiary/aromatic N) is 4. The van der Waals surface area contributed by atoms with Crippen molar-refractivity contribution in [3.63, 3.8) is 0 Å². The van der Waals surface area contributed by atoms with Crippen LogP contribution in [0.2, 0.25) is 0 Å². The van der Waals surface area contributed by atoms with Gasteiger partial charge in [0.05, 0.1) is 18.7 Å². The van der Waals surface area contributed by atoms with E-state index >= 15 is 0 Å². The molecule has 2 aromatic carbocycles. The summed E-state index contributed by atoms with van der Waals surface area (Å²) in [7, 11) is 1.86. The van der Waals surface area contributed by atoms with Gasteiger partial charge in [-0.25, -0.2) is 10.0 Å². The Kier molecular flexibility index (Phi) is 12.4. The van der Waals surface area contributed by atoms with E-state index in [1.54, 1.807) is 9.80 Å². The number of hydrogen-bond acceptors (Lipinski definition) is 7. The van der Waals surface area contributed by atoms with Crippen molar-refractivity contribution < 1.29 is 19.1 Å². The Labute approximate surface area is 255 Å². The minimum Gasteiger partial charge on any atom is -0.494 e. The first-order valence-electron chi connectivity index (χ1n) is 15.6. The quantitative estimate of drug-likeness (QED) is 0.320. The van der Waals surface area contributed by atoms with Crippen LogP contribution in [0.3, 0.4) is 0 Å². The highest BCUT2D eigenvalue weighted by Gasteiger charge is 2.25. The topological polar surface area (TPSA) is 107 Å². The first kappa shape index (κ1) is 32.0. The van der Waals surface area contributed by atoms with E-state index in [1.807, 2.05) is 60.6 Å². The second kappa shape index (κ2) is 16.6. The van der Waals surface area contributed by atoms with Crippen LogP contribution in [-0.4, -0.2) is 78.3 Å². The lowest BCUT2D eigenvalue weighted by atomic mass is 10.1. The van der Waals surface area contributed by atoms with E-state index in [0.29, 0.717) is 37.7 Å². The lowest BCUT2D eigenvalue weighted by Crippen LogP contribution is -2.52. The van der Waals surface area contributed by atoms with Crippen molar-refractivity contribution in [2.75, 3.05) is 39.8 Å². The standard InChI is InChI=1S/C33H46N6O4/c1-3-4-9-18-37(2)32(42)15-12-21-43-28-16-17-29-27(23-28)24-38(25-31(41)36-39-19-10-6-11-20-39)33(34-29)35-30(40)22-26-13-7-5-8-14-26/h5,7-8,13-14,16-17,23H,3-4,6,9-12,15,18-22,24-25H2,1-2H3,(H,36,41)(H,34,35,40). The van der Waals surface area contributed by atoms with E-state index in [2.05, 4.69) is 17.7 Å². The van der Waals surface area contributed by atoms with Crippen LogP contribution in [0, 0.1) is 0 Å². The van der Waals surface area contributed by atoms with Gasteiger partial charge in [-0.3, -0.25) is 25.1 Å². The van der Waals surface area contributed by atoms with Gasteiger partial charge in [0.2, 0.25) is 17.8 Å². The molecule has 10 heteroatoms. The number of unbranched alkanes of at least 4 members (excludes halogenated alkanes) is 2. The smallest absolute Gasteiger partial charge is 0.253 e. The molecular weight excluding hydrogens is 544 g/mol. The number of carbonyl (C=O) groups is 3. The normalized spacial score (nSPS) is 14.8. The van der Waals surface area contributed by atoms with Gasteiger partial charge in [-0.2, -0.15) is 0 Å². The fraction of sp³-hybridized carbons (Fsp3) is 0.515. The zero-order valence-electron chi connectivity index (χ0n) is 25.6. The molecule has 0 spiro atoms. The largest absolute Gasteiger partial charge is 0.494 e. The third-order valence-corrected chi connectivity index (χ3v) is 7.70. The van der Waals surface area contributed by atoms with E-state index < -0.39 is 0 Å². The van der Waals surface area contributed by atoms with E-state index in [4.69, 9.17) is 9.73 Å². The molecule has 4 rings (SSSR count). The number of hydrazine groups is 1. The van der Waals surface area contributed by atoms with Crippen LogP contribution in [-0.2, 0) is 27.3 Å². The highest BCUT2D eigenvalue weighted by atomic mass is 16.5. The summed E-state index contributed by atoms with van der Waals surface area (Å²) in [4.78, 5) is 46.6. The molecule has 0 atom stereocenters. The van der Waals surface area contributed by atoms with Crippen molar-refractivity contribution in [3.05, 3.63) is 59.7 Å². The molecule has 0 bridgehead atoms. The number of fused-ring (bicyclic) bond motifs is 1. The van der Waals surface area contributed by atoms with E-state index in [-0.39, 0.29) is 30.7 Å². The number of amides is 3. The van der Waals surface area contributed by atoms with Gasteiger partial charge in [0.15, 0.2) is 0 Å². The minimum atomic E-state index is -0.194. The fourth-order valence-electron chi connectivity index (χ4n) is 5.26. The number of nitrogens with one attached hydrogen (secondary N) is 2. The summed E-state index contributed by atoms with van der Waals surface area (Å²) < 4.78 is 5.98. The Hall–Kier alpha value is -3.92. The van der Waals surface area contributed by atoms with Crippen LogP contribution in [0.25, 0.3) is 0 Å². The van der Waals surface area contributed by atoms with Gasteiger partial charge >= 0.3 is 0 Å². The number of hydrogen-bond donors (Lipinski definition) is 2. The van der Waals surface area contributed by atoms with Crippen molar-refractivity contribution in [2.24, 2.45) is 4.99 Å². The monoisotopic (exact) mass is 590 g/mol. The Morgan fingerprint density at radius 2 is 1.77 bits per heavy atom.